The van der Waals surface area contributed by atoms with Crippen LogP contribution >= 0.6 is 10.8 Å². The van der Waals surface area contributed by atoms with Crippen LogP contribution in [0.4, 0.5) is 0 Å². The van der Waals surface area contributed by atoms with Gasteiger partial charge in [-0.25, -0.2) is 8.42 Å². The van der Waals surface area contributed by atoms with Crippen LogP contribution in [0.1, 0.15) is 43.7 Å². The summed E-state index contributed by atoms with van der Waals surface area (Å²) in [7, 11) is -2.23. The maximum absolute atomic E-state index is 12.5. The SMILES string of the molecule is CCCCCCc1ccccc1SS(=O)(=O)Cc1ccccc1. The lowest BCUT2D eigenvalue weighted by Crippen LogP contribution is -2.00. The summed E-state index contributed by atoms with van der Waals surface area (Å²) in [5.41, 5.74) is 1.98. The molecule has 0 saturated carbocycles. The van der Waals surface area contributed by atoms with Crippen LogP contribution in [-0.2, 0) is 21.0 Å². The summed E-state index contributed by atoms with van der Waals surface area (Å²) in [5.74, 6) is 0.0721. The minimum atomic E-state index is -3.23. The van der Waals surface area contributed by atoms with Crippen LogP contribution in [0.25, 0.3) is 0 Å². The molecular formula is C19H24O2S2. The molecule has 4 heteroatoms. The number of aryl methyl sites for hydroxylation is 1. The van der Waals surface area contributed by atoms with Crippen LogP contribution in [0.15, 0.2) is 59.5 Å². The summed E-state index contributed by atoms with van der Waals surface area (Å²) >= 11 is 0. The lowest BCUT2D eigenvalue weighted by Gasteiger charge is -2.09. The third kappa shape index (κ3) is 6.40. The van der Waals surface area contributed by atoms with E-state index < -0.39 is 8.87 Å². The van der Waals surface area contributed by atoms with Crippen molar-refractivity contribution in [3.63, 3.8) is 0 Å². The van der Waals surface area contributed by atoms with Crippen molar-refractivity contribution in [2.24, 2.45) is 0 Å². The van der Waals surface area contributed by atoms with E-state index in [1.54, 1.807) is 0 Å². The fraction of sp³-hybridized carbons (Fsp3) is 0.368. The molecule has 0 heterocycles. The van der Waals surface area contributed by atoms with Gasteiger partial charge in [-0.2, -0.15) is 0 Å². The van der Waals surface area contributed by atoms with Crippen molar-refractivity contribution < 1.29 is 8.42 Å². The van der Waals surface area contributed by atoms with E-state index in [2.05, 4.69) is 6.92 Å². The van der Waals surface area contributed by atoms with Gasteiger partial charge in [-0.3, -0.25) is 0 Å². The Morgan fingerprint density at radius 3 is 2.30 bits per heavy atom. The lowest BCUT2D eigenvalue weighted by molar-refractivity contribution is 0.609. The molecular weight excluding hydrogens is 324 g/mol. The predicted octanol–water partition coefficient (Wildman–Crippen LogP) is 5.43. The molecule has 0 bridgehead atoms. The van der Waals surface area contributed by atoms with Crippen molar-refractivity contribution in [1.82, 2.24) is 0 Å². The summed E-state index contributed by atoms with van der Waals surface area (Å²) in [6.45, 7) is 2.19. The van der Waals surface area contributed by atoms with E-state index in [1.807, 2.05) is 54.6 Å². The quantitative estimate of drug-likeness (QED) is 0.447. The van der Waals surface area contributed by atoms with Gasteiger partial charge in [-0.15, -0.1) is 0 Å². The van der Waals surface area contributed by atoms with Gasteiger partial charge in [0.1, 0.15) is 0 Å². The van der Waals surface area contributed by atoms with E-state index in [0.29, 0.717) is 0 Å². The third-order valence-corrected chi connectivity index (χ3v) is 6.85. The van der Waals surface area contributed by atoms with Crippen molar-refractivity contribution in [2.45, 2.75) is 49.7 Å². The van der Waals surface area contributed by atoms with Gasteiger partial charge < -0.3 is 0 Å². The topological polar surface area (TPSA) is 34.1 Å². The number of benzene rings is 2. The molecule has 124 valence electrons. The Balaban J connectivity index is 2.03. The van der Waals surface area contributed by atoms with E-state index >= 15 is 0 Å². The third-order valence-electron chi connectivity index (χ3n) is 3.68. The monoisotopic (exact) mass is 348 g/mol. The van der Waals surface area contributed by atoms with Gasteiger partial charge in [0.25, 0.3) is 0 Å². The molecule has 0 aliphatic rings. The average molecular weight is 349 g/mol. The largest absolute Gasteiger partial charge is 0.217 e. The standard InChI is InChI=1S/C19H24O2S2/c1-2-3-4-8-13-18-14-9-10-15-19(18)22-23(20,21)16-17-11-6-5-7-12-17/h5-7,9-12,14-15H,2-4,8,13,16H2,1H3. The maximum Gasteiger partial charge on any atom is 0.210 e. The van der Waals surface area contributed by atoms with Gasteiger partial charge in [0, 0.05) is 15.7 Å². The summed E-state index contributed by atoms with van der Waals surface area (Å²) in [4.78, 5) is 0.875. The zero-order valence-electron chi connectivity index (χ0n) is 13.6. The molecule has 0 radical (unpaired) electrons. The van der Waals surface area contributed by atoms with Crippen LogP contribution in [0.5, 0.6) is 0 Å². The first-order chi connectivity index (χ1) is 11.1. The van der Waals surface area contributed by atoms with Gasteiger partial charge in [0.15, 0.2) is 0 Å². The van der Waals surface area contributed by atoms with Gasteiger partial charge in [0.2, 0.25) is 8.87 Å². The lowest BCUT2D eigenvalue weighted by atomic mass is 10.1. The molecule has 0 aromatic heterocycles. The molecule has 0 saturated heterocycles. The highest BCUT2D eigenvalue weighted by Gasteiger charge is 2.16. The highest BCUT2D eigenvalue weighted by atomic mass is 33.1. The fourth-order valence-corrected chi connectivity index (χ4v) is 5.72. The molecule has 2 aromatic rings. The van der Waals surface area contributed by atoms with Gasteiger partial charge in [0.05, 0.1) is 5.75 Å². The van der Waals surface area contributed by atoms with E-state index in [9.17, 15) is 8.42 Å². The van der Waals surface area contributed by atoms with Crippen molar-refractivity contribution in [1.29, 1.82) is 0 Å². The average Bonchev–Trinajstić information content (AvgIpc) is 2.53. The number of rotatable bonds is 9. The first-order valence-corrected chi connectivity index (χ1v) is 11.1. The molecule has 0 aliphatic carbocycles. The highest BCUT2D eigenvalue weighted by molar-refractivity contribution is 8.71. The predicted molar refractivity (Wildman–Crippen MR) is 99.2 cm³/mol. The Kier molecular flexibility index (Phi) is 7.18. The molecule has 0 fully saturated rings. The van der Waals surface area contributed by atoms with Crippen LogP contribution in [0, 0.1) is 0 Å². The van der Waals surface area contributed by atoms with Crippen LogP contribution < -0.4 is 0 Å². The fourth-order valence-electron chi connectivity index (χ4n) is 2.48. The van der Waals surface area contributed by atoms with E-state index in [1.165, 1.54) is 19.3 Å². The number of hydrogen-bond donors (Lipinski definition) is 0. The molecule has 0 atom stereocenters. The maximum atomic E-state index is 12.5. The van der Waals surface area contributed by atoms with E-state index in [4.69, 9.17) is 0 Å². The summed E-state index contributed by atoms with van der Waals surface area (Å²) in [6.07, 6.45) is 5.71. The zero-order valence-corrected chi connectivity index (χ0v) is 15.2. The highest BCUT2D eigenvalue weighted by Crippen LogP contribution is 2.31. The number of unbranched alkanes of at least 4 members (excludes halogenated alkanes) is 3. The van der Waals surface area contributed by atoms with Crippen molar-refractivity contribution in [2.75, 3.05) is 0 Å². The molecule has 2 rings (SSSR count). The normalized spacial score (nSPS) is 11.5. The first kappa shape index (κ1) is 18.1. The van der Waals surface area contributed by atoms with E-state index in [0.717, 1.165) is 39.7 Å². The molecule has 0 spiro atoms. The molecule has 0 N–H and O–H groups in total. The molecule has 0 amide bonds. The van der Waals surface area contributed by atoms with Crippen molar-refractivity contribution in [3.8, 4) is 0 Å². The zero-order chi connectivity index (χ0) is 16.5. The summed E-state index contributed by atoms with van der Waals surface area (Å²) < 4.78 is 24.9. The second kappa shape index (κ2) is 9.14. The Morgan fingerprint density at radius 2 is 1.57 bits per heavy atom. The van der Waals surface area contributed by atoms with Gasteiger partial charge >= 0.3 is 0 Å². The smallest absolute Gasteiger partial charge is 0.210 e. The van der Waals surface area contributed by atoms with Gasteiger partial charge in [-0.1, -0.05) is 74.7 Å². The summed E-state index contributed by atoms with van der Waals surface area (Å²) in [6, 6.07) is 17.2. The second-order valence-corrected chi connectivity index (χ2v) is 9.72. The second-order valence-electron chi connectivity index (χ2n) is 5.69. The molecule has 2 aromatic carbocycles. The Bertz CT molecular complexity index is 694. The van der Waals surface area contributed by atoms with Crippen molar-refractivity contribution in [3.05, 3.63) is 65.7 Å². The van der Waals surface area contributed by atoms with Crippen LogP contribution in [0.3, 0.4) is 0 Å². The van der Waals surface area contributed by atoms with Crippen LogP contribution in [0.2, 0.25) is 0 Å². The first-order valence-electron chi connectivity index (χ1n) is 8.15. The minimum absolute atomic E-state index is 0.0721. The molecule has 2 nitrogen and oxygen atoms in total. The summed E-state index contributed by atoms with van der Waals surface area (Å²) in [5, 5.41) is 0. The van der Waals surface area contributed by atoms with E-state index in [-0.39, 0.29) is 5.75 Å². The Labute approximate surface area is 143 Å². The molecule has 23 heavy (non-hydrogen) atoms. The molecule has 0 unspecified atom stereocenters. The minimum Gasteiger partial charge on any atom is -0.217 e. The Hall–Kier alpha value is -1.26. The van der Waals surface area contributed by atoms with Crippen LogP contribution in [-0.4, -0.2) is 8.42 Å². The Morgan fingerprint density at radius 1 is 0.870 bits per heavy atom. The molecule has 0 aliphatic heterocycles. The van der Waals surface area contributed by atoms with Gasteiger partial charge in [-0.05, 0) is 30.0 Å². The van der Waals surface area contributed by atoms with Crippen molar-refractivity contribution >= 4 is 19.7 Å². The number of hydrogen-bond acceptors (Lipinski definition) is 3.